The third-order valence-electron chi connectivity index (χ3n) is 2.73. The molecule has 0 aliphatic carbocycles. The van der Waals surface area contributed by atoms with Crippen LogP contribution < -0.4 is 5.32 Å². The number of anilines is 1. The Morgan fingerprint density at radius 1 is 1.41 bits per heavy atom. The molecule has 2 rings (SSSR count). The summed E-state index contributed by atoms with van der Waals surface area (Å²) < 4.78 is 4.14. The quantitative estimate of drug-likeness (QED) is 0.880. The van der Waals surface area contributed by atoms with Crippen molar-refractivity contribution < 1.29 is 0 Å². The predicted molar refractivity (Wildman–Crippen MR) is 67.9 cm³/mol. The van der Waals surface area contributed by atoms with E-state index in [-0.39, 0.29) is 0 Å². The molecule has 0 saturated heterocycles. The van der Waals surface area contributed by atoms with Crippen LogP contribution in [-0.2, 0) is 13.6 Å². The van der Waals surface area contributed by atoms with Gasteiger partial charge in [0.15, 0.2) is 0 Å². The summed E-state index contributed by atoms with van der Waals surface area (Å²) in [6.45, 7) is 6.98. The summed E-state index contributed by atoms with van der Waals surface area (Å²) in [4.78, 5) is 8.75. The number of aryl methyl sites for hydroxylation is 2. The molecule has 92 valence electrons. The highest BCUT2D eigenvalue weighted by atomic mass is 15.2. The monoisotopic (exact) mass is 233 g/mol. The van der Waals surface area contributed by atoms with Gasteiger partial charge in [0.05, 0.1) is 12.2 Å². The van der Waals surface area contributed by atoms with Crippen molar-refractivity contribution in [3.05, 3.63) is 30.1 Å². The van der Waals surface area contributed by atoms with E-state index in [1.165, 1.54) is 0 Å². The zero-order valence-corrected chi connectivity index (χ0v) is 10.8. The molecule has 0 bridgehead atoms. The van der Waals surface area contributed by atoms with E-state index in [0.29, 0.717) is 12.6 Å². The van der Waals surface area contributed by atoms with E-state index in [2.05, 4.69) is 39.9 Å². The second kappa shape index (κ2) is 4.61. The fourth-order valence-electron chi connectivity index (χ4n) is 1.77. The van der Waals surface area contributed by atoms with Gasteiger partial charge in [-0.1, -0.05) is 0 Å². The highest BCUT2D eigenvalue weighted by molar-refractivity contribution is 5.29. The highest BCUT2D eigenvalue weighted by Gasteiger charge is 2.08. The van der Waals surface area contributed by atoms with Gasteiger partial charge in [-0.25, -0.2) is 9.97 Å². The minimum Gasteiger partial charge on any atom is -0.348 e. The molecule has 2 aromatic heterocycles. The van der Waals surface area contributed by atoms with E-state index in [1.807, 2.05) is 24.7 Å². The maximum absolute atomic E-state index is 4.48. The Balaban J connectivity index is 2.11. The first-order valence-electron chi connectivity index (χ1n) is 5.83. The maximum Gasteiger partial charge on any atom is 0.203 e. The summed E-state index contributed by atoms with van der Waals surface area (Å²) in [7, 11) is 1.99. The van der Waals surface area contributed by atoms with Crippen LogP contribution in [0.15, 0.2) is 18.6 Å². The zero-order chi connectivity index (χ0) is 12.4. The highest BCUT2D eigenvalue weighted by Crippen LogP contribution is 2.15. The number of rotatable bonds is 4. The number of nitrogens with one attached hydrogen (secondary N) is 1. The van der Waals surface area contributed by atoms with Gasteiger partial charge in [-0.2, -0.15) is 0 Å². The molecule has 0 saturated carbocycles. The second-order valence-corrected chi connectivity index (χ2v) is 4.51. The maximum atomic E-state index is 4.48. The lowest BCUT2D eigenvalue weighted by Gasteiger charge is -2.12. The first-order valence-corrected chi connectivity index (χ1v) is 5.83. The normalized spacial score (nSPS) is 11.1. The third-order valence-corrected chi connectivity index (χ3v) is 2.73. The molecule has 2 heterocycles. The summed E-state index contributed by atoms with van der Waals surface area (Å²) in [6.07, 6.45) is 5.81. The predicted octanol–water partition coefficient (Wildman–Crippen LogP) is 2.12. The average Bonchev–Trinajstić information content (AvgIpc) is 2.82. The molecule has 17 heavy (non-hydrogen) atoms. The average molecular weight is 233 g/mol. The van der Waals surface area contributed by atoms with Gasteiger partial charge < -0.3 is 14.5 Å². The molecule has 1 N–H and O–H groups in total. The summed E-state index contributed by atoms with van der Waals surface area (Å²) in [6, 6.07) is 0.403. The fourth-order valence-corrected chi connectivity index (χ4v) is 1.77. The smallest absolute Gasteiger partial charge is 0.203 e. The van der Waals surface area contributed by atoms with Gasteiger partial charge in [-0.15, -0.1) is 0 Å². The number of hydrogen-bond acceptors (Lipinski definition) is 3. The molecule has 0 fully saturated rings. The molecule has 0 aliphatic rings. The first kappa shape index (κ1) is 11.7. The molecular formula is C12H19N5. The lowest BCUT2D eigenvalue weighted by molar-refractivity contribution is 0.603. The van der Waals surface area contributed by atoms with Gasteiger partial charge in [0.2, 0.25) is 5.95 Å². The molecule has 2 aromatic rings. The van der Waals surface area contributed by atoms with Gasteiger partial charge in [0, 0.05) is 31.7 Å². The summed E-state index contributed by atoms with van der Waals surface area (Å²) in [5.74, 6) is 1.90. The van der Waals surface area contributed by atoms with E-state index in [0.717, 1.165) is 17.5 Å². The van der Waals surface area contributed by atoms with Crippen molar-refractivity contribution >= 4 is 5.95 Å². The van der Waals surface area contributed by atoms with E-state index in [9.17, 15) is 0 Å². The SMILES string of the molecule is Cc1cn(C(C)C)c(NCc2nccn2C)n1. The van der Waals surface area contributed by atoms with Gasteiger partial charge in [-0.05, 0) is 20.8 Å². The molecule has 0 amide bonds. The lowest BCUT2D eigenvalue weighted by atomic mass is 10.4. The van der Waals surface area contributed by atoms with Crippen LogP contribution in [0, 0.1) is 6.92 Å². The number of nitrogens with zero attached hydrogens (tertiary/aromatic N) is 4. The fraction of sp³-hybridized carbons (Fsp3) is 0.500. The Hall–Kier alpha value is -1.78. The Morgan fingerprint density at radius 2 is 2.18 bits per heavy atom. The van der Waals surface area contributed by atoms with Crippen molar-refractivity contribution in [2.45, 2.75) is 33.4 Å². The summed E-state index contributed by atoms with van der Waals surface area (Å²) >= 11 is 0. The standard InChI is InChI=1S/C12H19N5/c1-9(2)17-8-10(3)15-12(17)14-7-11-13-5-6-16(11)4/h5-6,8-9H,7H2,1-4H3,(H,14,15). The van der Waals surface area contributed by atoms with Crippen LogP contribution >= 0.6 is 0 Å². The molecule has 0 aliphatic heterocycles. The topological polar surface area (TPSA) is 47.7 Å². The lowest BCUT2D eigenvalue weighted by Crippen LogP contribution is -2.11. The Kier molecular flexibility index (Phi) is 3.17. The van der Waals surface area contributed by atoms with Gasteiger partial charge in [0.25, 0.3) is 0 Å². The van der Waals surface area contributed by atoms with Gasteiger partial charge >= 0.3 is 0 Å². The van der Waals surface area contributed by atoms with Gasteiger partial charge in [-0.3, -0.25) is 0 Å². The van der Waals surface area contributed by atoms with Gasteiger partial charge in [0.1, 0.15) is 5.82 Å². The van der Waals surface area contributed by atoms with Crippen LogP contribution in [-0.4, -0.2) is 19.1 Å². The first-order chi connectivity index (χ1) is 8.08. The largest absolute Gasteiger partial charge is 0.348 e. The van der Waals surface area contributed by atoms with Crippen molar-refractivity contribution in [3.8, 4) is 0 Å². The van der Waals surface area contributed by atoms with Crippen molar-refractivity contribution in [3.63, 3.8) is 0 Å². The van der Waals surface area contributed by atoms with Crippen LogP contribution in [0.5, 0.6) is 0 Å². The Labute approximate surface area is 102 Å². The van der Waals surface area contributed by atoms with E-state index >= 15 is 0 Å². The van der Waals surface area contributed by atoms with Crippen molar-refractivity contribution in [2.24, 2.45) is 7.05 Å². The molecule has 0 radical (unpaired) electrons. The van der Waals surface area contributed by atoms with Crippen LogP contribution in [0.25, 0.3) is 0 Å². The molecule has 0 aromatic carbocycles. The number of imidazole rings is 2. The van der Waals surface area contributed by atoms with Crippen LogP contribution in [0.1, 0.15) is 31.4 Å². The minimum atomic E-state index is 0.403. The molecule has 5 nitrogen and oxygen atoms in total. The number of hydrogen-bond donors (Lipinski definition) is 1. The molecule has 0 unspecified atom stereocenters. The van der Waals surface area contributed by atoms with E-state index in [4.69, 9.17) is 0 Å². The third kappa shape index (κ3) is 2.49. The number of aromatic nitrogens is 4. The van der Waals surface area contributed by atoms with Crippen molar-refractivity contribution in [1.82, 2.24) is 19.1 Å². The van der Waals surface area contributed by atoms with Crippen LogP contribution in [0.3, 0.4) is 0 Å². The van der Waals surface area contributed by atoms with Crippen LogP contribution in [0.2, 0.25) is 0 Å². The van der Waals surface area contributed by atoms with E-state index < -0.39 is 0 Å². The van der Waals surface area contributed by atoms with Crippen LogP contribution in [0.4, 0.5) is 5.95 Å². The molecule has 0 spiro atoms. The van der Waals surface area contributed by atoms with E-state index in [1.54, 1.807) is 6.20 Å². The second-order valence-electron chi connectivity index (χ2n) is 4.51. The molecular weight excluding hydrogens is 214 g/mol. The Morgan fingerprint density at radius 3 is 2.76 bits per heavy atom. The Bertz CT molecular complexity index is 495. The summed E-state index contributed by atoms with van der Waals surface area (Å²) in [5, 5.41) is 3.33. The minimum absolute atomic E-state index is 0.403. The van der Waals surface area contributed by atoms with Crippen molar-refractivity contribution in [2.75, 3.05) is 5.32 Å². The molecule has 0 atom stereocenters. The van der Waals surface area contributed by atoms with Crippen molar-refractivity contribution in [1.29, 1.82) is 0 Å². The summed E-state index contributed by atoms with van der Waals surface area (Å²) in [5.41, 5.74) is 1.03. The zero-order valence-electron chi connectivity index (χ0n) is 10.8. The molecule has 5 heteroatoms.